The van der Waals surface area contributed by atoms with E-state index in [0.29, 0.717) is 43.4 Å². The number of carbonyl (C=O) groups is 1. The van der Waals surface area contributed by atoms with Crippen molar-refractivity contribution in [3.8, 4) is 11.4 Å². The molecule has 7 nitrogen and oxygen atoms in total. The largest absolute Gasteiger partial charge is 0.368 e. The molecule has 0 bridgehead atoms. The van der Waals surface area contributed by atoms with Crippen LogP contribution in [0.3, 0.4) is 0 Å². The summed E-state index contributed by atoms with van der Waals surface area (Å²) in [5.41, 5.74) is 4.13. The summed E-state index contributed by atoms with van der Waals surface area (Å²) in [4.78, 5) is 30.3. The number of anilines is 3. The molecule has 0 atom stereocenters. The molecule has 0 saturated carbocycles. The van der Waals surface area contributed by atoms with Gasteiger partial charge in [-0.1, -0.05) is 0 Å². The lowest BCUT2D eigenvalue weighted by molar-refractivity contribution is 0.0747. The molecule has 2 aromatic heterocycles. The fraction of sp³-hybridized carbons (Fsp3) is 0.185. The van der Waals surface area contributed by atoms with E-state index in [2.05, 4.69) is 25.2 Å². The highest BCUT2D eigenvalue weighted by molar-refractivity contribution is 5.94. The number of halogens is 1. The molecule has 176 valence electrons. The van der Waals surface area contributed by atoms with Crippen LogP contribution in [0.5, 0.6) is 0 Å². The maximum atomic E-state index is 13.2. The molecular formula is C27H25FN6O. The van der Waals surface area contributed by atoms with E-state index in [1.165, 1.54) is 12.1 Å². The fourth-order valence-electron chi connectivity index (χ4n) is 4.10. The van der Waals surface area contributed by atoms with Gasteiger partial charge in [0.2, 0.25) is 0 Å². The lowest BCUT2D eigenvalue weighted by Crippen LogP contribution is -2.48. The third kappa shape index (κ3) is 5.27. The molecule has 0 unspecified atom stereocenters. The van der Waals surface area contributed by atoms with Crippen molar-refractivity contribution in [2.75, 3.05) is 36.4 Å². The van der Waals surface area contributed by atoms with E-state index in [1.807, 2.05) is 54.3 Å². The lowest BCUT2D eigenvalue weighted by atomic mass is 10.1. The van der Waals surface area contributed by atoms with Gasteiger partial charge < -0.3 is 15.1 Å². The van der Waals surface area contributed by atoms with Gasteiger partial charge in [0.1, 0.15) is 11.6 Å². The Labute approximate surface area is 203 Å². The van der Waals surface area contributed by atoms with Crippen molar-refractivity contribution >= 4 is 23.1 Å². The summed E-state index contributed by atoms with van der Waals surface area (Å²) in [7, 11) is 0. The molecule has 1 aliphatic rings. The molecule has 1 N–H and O–H groups in total. The number of hydrogen-bond donors (Lipinski definition) is 1. The zero-order chi connectivity index (χ0) is 24.2. The molecule has 35 heavy (non-hydrogen) atoms. The smallest absolute Gasteiger partial charge is 0.253 e. The monoisotopic (exact) mass is 468 g/mol. The third-order valence-corrected chi connectivity index (χ3v) is 5.94. The van der Waals surface area contributed by atoms with Gasteiger partial charge in [-0.3, -0.25) is 9.78 Å². The first kappa shape index (κ1) is 22.5. The van der Waals surface area contributed by atoms with Crippen LogP contribution in [0, 0.1) is 12.7 Å². The van der Waals surface area contributed by atoms with E-state index < -0.39 is 0 Å². The molecule has 1 amide bonds. The number of benzene rings is 2. The Morgan fingerprint density at radius 1 is 0.943 bits per heavy atom. The molecule has 1 fully saturated rings. The van der Waals surface area contributed by atoms with E-state index in [4.69, 9.17) is 0 Å². The number of pyridine rings is 1. The van der Waals surface area contributed by atoms with Gasteiger partial charge in [-0.2, -0.15) is 0 Å². The number of nitrogens with zero attached hydrogens (tertiary/aromatic N) is 5. The molecule has 0 radical (unpaired) electrons. The maximum Gasteiger partial charge on any atom is 0.253 e. The van der Waals surface area contributed by atoms with E-state index in [0.717, 1.165) is 22.6 Å². The lowest BCUT2D eigenvalue weighted by Gasteiger charge is -2.36. The number of nitrogens with one attached hydrogen (secondary N) is 1. The second kappa shape index (κ2) is 9.89. The average Bonchev–Trinajstić information content (AvgIpc) is 2.89. The predicted molar refractivity (Wildman–Crippen MR) is 134 cm³/mol. The molecule has 4 aromatic rings. The SMILES string of the molecule is Cc1cc(Nc2ccc(C(=O)N3CCN(c4ccc(F)cc4)CC3)cc2)nc(-c2cccnc2)n1. The highest BCUT2D eigenvalue weighted by Gasteiger charge is 2.22. The topological polar surface area (TPSA) is 74.2 Å². The zero-order valence-electron chi connectivity index (χ0n) is 19.4. The molecule has 1 aliphatic heterocycles. The standard InChI is InChI=1S/C27H25FN6O/c1-19-17-25(32-26(30-19)21-3-2-12-29-18-21)31-23-8-4-20(5-9-23)27(35)34-15-13-33(14-16-34)24-10-6-22(28)7-11-24/h2-12,17-18H,13-16H2,1H3,(H,30,31,32). The first-order chi connectivity index (χ1) is 17.0. The summed E-state index contributed by atoms with van der Waals surface area (Å²) >= 11 is 0. The quantitative estimate of drug-likeness (QED) is 0.458. The Bertz CT molecular complexity index is 1300. The number of amides is 1. The minimum Gasteiger partial charge on any atom is -0.368 e. The van der Waals surface area contributed by atoms with Crippen LogP contribution >= 0.6 is 0 Å². The van der Waals surface area contributed by atoms with Crippen LogP contribution in [0.2, 0.25) is 0 Å². The van der Waals surface area contributed by atoms with Crippen molar-refractivity contribution < 1.29 is 9.18 Å². The van der Waals surface area contributed by atoms with Gasteiger partial charge in [-0.05, 0) is 67.6 Å². The Morgan fingerprint density at radius 3 is 2.37 bits per heavy atom. The second-order valence-corrected chi connectivity index (χ2v) is 8.42. The summed E-state index contributed by atoms with van der Waals surface area (Å²) in [6.45, 7) is 4.58. The van der Waals surface area contributed by atoms with Gasteiger partial charge in [0, 0.05) is 72.8 Å². The molecule has 3 heterocycles. The molecule has 0 spiro atoms. The minimum absolute atomic E-state index is 0.00653. The van der Waals surface area contributed by atoms with Crippen molar-refractivity contribution in [3.05, 3.63) is 96.2 Å². The van der Waals surface area contributed by atoms with Crippen molar-refractivity contribution in [3.63, 3.8) is 0 Å². The van der Waals surface area contributed by atoms with Crippen molar-refractivity contribution in [2.24, 2.45) is 0 Å². The van der Waals surface area contributed by atoms with Gasteiger partial charge in [-0.15, -0.1) is 0 Å². The summed E-state index contributed by atoms with van der Waals surface area (Å²) < 4.78 is 13.2. The highest BCUT2D eigenvalue weighted by atomic mass is 19.1. The summed E-state index contributed by atoms with van der Waals surface area (Å²) in [6.07, 6.45) is 3.45. The van der Waals surface area contributed by atoms with E-state index in [9.17, 15) is 9.18 Å². The van der Waals surface area contributed by atoms with Crippen LogP contribution in [0.15, 0.2) is 79.1 Å². The molecule has 8 heteroatoms. The molecule has 5 rings (SSSR count). The molecular weight excluding hydrogens is 443 g/mol. The first-order valence-electron chi connectivity index (χ1n) is 11.5. The normalized spacial score (nSPS) is 13.5. The zero-order valence-corrected chi connectivity index (χ0v) is 19.4. The Hall–Kier alpha value is -4.33. The third-order valence-electron chi connectivity index (χ3n) is 5.94. The van der Waals surface area contributed by atoms with Crippen molar-refractivity contribution in [2.45, 2.75) is 6.92 Å². The van der Waals surface area contributed by atoms with Gasteiger partial charge in [0.05, 0.1) is 0 Å². The van der Waals surface area contributed by atoms with Crippen LogP contribution in [0.4, 0.5) is 21.6 Å². The van der Waals surface area contributed by atoms with E-state index >= 15 is 0 Å². The average molecular weight is 469 g/mol. The van der Waals surface area contributed by atoms with Gasteiger partial charge in [0.15, 0.2) is 5.82 Å². The Balaban J connectivity index is 1.22. The predicted octanol–water partition coefficient (Wildman–Crippen LogP) is 4.69. The second-order valence-electron chi connectivity index (χ2n) is 8.42. The van der Waals surface area contributed by atoms with Crippen LogP contribution in [0.1, 0.15) is 16.1 Å². The number of rotatable bonds is 5. The summed E-state index contributed by atoms with van der Waals surface area (Å²) in [5.74, 6) is 1.04. The molecule has 0 aliphatic carbocycles. The Kier molecular flexibility index (Phi) is 6.34. The number of aryl methyl sites for hydroxylation is 1. The van der Waals surface area contributed by atoms with Crippen LogP contribution < -0.4 is 10.2 Å². The molecule has 2 aromatic carbocycles. The van der Waals surface area contributed by atoms with E-state index in [1.54, 1.807) is 24.5 Å². The number of aromatic nitrogens is 3. The van der Waals surface area contributed by atoms with Crippen LogP contribution in [-0.4, -0.2) is 51.9 Å². The summed E-state index contributed by atoms with van der Waals surface area (Å²) in [5, 5.41) is 3.30. The molecule has 1 saturated heterocycles. The van der Waals surface area contributed by atoms with Gasteiger partial charge in [-0.25, -0.2) is 14.4 Å². The first-order valence-corrected chi connectivity index (χ1v) is 11.5. The minimum atomic E-state index is -0.246. The Morgan fingerprint density at radius 2 is 1.69 bits per heavy atom. The van der Waals surface area contributed by atoms with E-state index in [-0.39, 0.29) is 11.7 Å². The van der Waals surface area contributed by atoms with Gasteiger partial charge >= 0.3 is 0 Å². The fourth-order valence-corrected chi connectivity index (χ4v) is 4.10. The van der Waals surface area contributed by atoms with Crippen LogP contribution in [0.25, 0.3) is 11.4 Å². The highest BCUT2D eigenvalue weighted by Crippen LogP contribution is 2.22. The number of hydrogen-bond acceptors (Lipinski definition) is 6. The number of carbonyl (C=O) groups excluding carboxylic acids is 1. The summed E-state index contributed by atoms with van der Waals surface area (Å²) in [6, 6.07) is 19.5. The van der Waals surface area contributed by atoms with Crippen molar-refractivity contribution in [1.29, 1.82) is 0 Å². The van der Waals surface area contributed by atoms with Gasteiger partial charge in [0.25, 0.3) is 5.91 Å². The van der Waals surface area contributed by atoms with Crippen molar-refractivity contribution in [1.82, 2.24) is 19.9 Å². The maximum absolute atomic E-state index is 13.2. The van der Waals surface area contributed by atoms with Crippen LogP contribution in [-0.2, 0) is 0 Å². The number of piperazine rings is 1.